The molecule has 0 spiro atoms. The summed E-state index contributed by atoms with van der Waals surface area (Å²) in [4.78, 5) is 10.4. The van der Waals surface area contributed by atoms with E-state index in [1.807, 2.05) is 35.6 Å². The van der Waals surface area contributed by atoms with Crippen LogP contribution in [-0.4, -0.2) is 29.7 Å². The molecule has 9 nitrogen and oxygen atoms in total. The van der Waals surface area contributed by atoms with Gasteiger partial charge in [0.2, 0.25) is 11.8 Å². The monoisotopic (exact) mass is 432 g/mol. The summed E-state index contributed by atoms with van der Waals surface area (Å²) in [5.74, 6) is 0.746. The Morgan fingerprint density at radius 3 is 2.61 bits per heavy atom. The predicted octanol–water partition coefficient (Wildman–Crippen LogP) is 5.00. The third-order valence-electron chi connectivity index (χ3n) is 4.97. The number of nitro benzene ring substituents is 1. The van der Waals surface area contributed by atoms with E-state index in [9.17, 15) is 10.1 Å². The van der Waals surface area contributed by atoms with Crippen molar-refractivity contribution in [2.45, 2.75) is 24.3 Å². The summed E-state index contributed by atoms with van der Waals surface area (Å²) in [6.45, 7) is 4.01. The van der Waals surface area contributed by atoms with Crippen LogP contribution in [0.1, 0.15) is 23.6 Å². The fraction of sp³-hybridized carbons (Fsp3) is 0.143. The number of aryl methyl sites for hydroxylation is 1. The van der Waals surface area contributed by atoms with Gasteiger partial charge in [0.15, 0.2) is 10.8 Å². The number of pyridine rings is 1. The Hall–Kier alpha value is -3.79. The van der Waals surface area contributed by atoms with E-state index in [-0.39, 0.29) is 10.9 Å². The second-order valence-corrected chi connectivity index (χ2v) is 8.34. The van der Waals surface area contributed by atoms with Gasteiger partial charge in [-0.1, -0.05) is 30.0 Å². The molecule has 3 aromatic heterocycles. The van der Waals surface area contributed by atoms with Crippen LogP contribution < -0.4 is 0 Å². The molecule has 2 aromatic carbocycles. The normalized spacial score (nSPS) is 12.5. The summed E-state index contributed by atoms with van der Waals surface area (Å²) in [6, 6.07) is 16.2. The Bertz CT molecular complexity index is 1430. The number of hydrogen-bond donors (Lipinski definition) is 0. The molecule has 0 aliphatic heterocycles. The highest BCUT2D eigenvalue weighted by Crippen LogP contribution is 2.36. The molecule has 154 valence electrons. The highest BCUT2D eigenvalue weighted by molar-refractivity contribution is 7.99. The molecule has 0 saturated carbocycles. The number of nitrogens with zero attached hydrogens (tertiary/aromatic N) is 6. The molecule has 5 aromatic rings. The standard InChI is InChI=1S/C21H16N6O3S/c1-12-11-18-22-25-21(26(18)17-6-4-3-5-16(12)17)31-13(2)19-23-24-20(30-19)14-7-9-15(10-8-14)27(28)29/h3-11,13H,1-2H3. The van der Waals surface area contributed by atoms with Gasteiger partial charge in [-0.2, -0.15) is 0 Å². The van der Waals surface area contributed by atoms with E-state index in [4.69, 9.17) is 4.42 Å². The van der Waals surface area contributed by atoms with E-state index in [1.165, 1.54) is 23.9 Å². The van der Waals surface area contributed by atoms with Gasteiger partial charge < -0.3 is 4.42 Å². The van der Waals surface area contributed by atoms with Crippen LogP contribution in [0.2, 0.25) is 0 Å². The fourth-order valence-electron chi connectivity index (χ4n) is 3.40. The maximum absolute atomic E-state index is 10.8. The minimum absolute atomic E-state index is 0.00793. The lowest BCUT2D eigenvalue weighted by Gasteiger charge is -2.09. The minimum atomic E-state index is -0.449. The van der Waals surface area contributed by atoms with Crippen molar-refractivity contribution >= 4 is 34.0 Å². The minimum Gasteiger partial charge on any atom is -0.419 e. The molecule has 0 saturated heterocycles. The molecule has 0 N–H and O–H groups in total. The van der Waals surface area contributed by atoms with E-state index in [1.54, 1.807) is 12.1 Å². The third kappa shape index (κ3) is 3.40. The van der Waals surface area contributed by atoms with Gasteiger partial charge in [-0.05, 0) is 43.7 Å². The van der Waals surface area contributed by atoms with Crippen LogP contribution in [0.5, 0.6) is 0 Å². The maximum Gasteiger partial charge on any atom is 0.269 e. The number of benzene rings is 2. The molecular formula is C21H16N6O3S. The average molecular weight is 432 g/mol. The van der Waals surface area contributed by atoms with E-state index in [2.05, 4.69) is 33.4 Å². The SMILES string of the molecule is Cc1cc2nnc(SC(C)c3nnc(-c4ccc([N+](=O)[O-])cc4)o3)n2c2ccccc12. The highest BCUT2D eigenvalue weighted by atomic mass is 32.2. The van der Waals surface area contributed by atoms with Crippen LogP contribution in [0.25, 0.3) is 28.0 Å². The zero-order chi connectivity index (χ0) is 21.5. The van der Waals surface area contributed by atoms with Crippen LogP contribution in [0, 0.1) is 17.0 Å². The molecule has 1 atom stereocenters. The first kappa shape index (κ1) is 19.2. The Labute approximate surface area is 180 Å². The summed E-state index contributed by atoms with van der Waals surface area (Å²) in [5, 5.41) is 29.5. The zero-order valence-corrected chi connectivity index (χ0v) is 17.4. The molecular weight excluding hydrogens is 416 g/mol. The van der Waals surface area contributed by atoms with E-state index < -0.39 is 4.92 Å². The summed E-state index contributed by atoms with van der Waals surface area (Å²) in [6.07, 6.45) is 0. The van der Waals surface area contributed by atoms with Gasteiger partial charge in [0.1, 0.15) is 0 Å². The summed E-state index contributed by atoms with van der Waals surface area (Å²) >= 11 is 1.47. The van der Waals surface area contributed by atoms with Crippen molar-refractivity contribution in [2.75, 3.05) is 0 Å². The van der Waals surface area contributed by atoms with Crippen molar-refractivity contribution < 1.29 is 9.34 Å². The molecule has 0 aliphatic rings. The molecule has 0 fully saturated rings. The Morgan fingerprint density at radius 1 is 1.06 bits per heavy atom. The number of aromatic nitrogens is 5. The number of fused-ring (bicyclic) bond motifs is 3. The van der Waals surface area contributed by atoms with Crippen molar-refractivity contribution in [3.05, 3.63) is 76.2 Å². The summed E-state index contributed by atoms with van der Waals surface area (Å²) in [7, 11) is 0. The van der Waals surface area contributed by atoms with Gasteiger partial charge in [0.05, 0.1) is 15.7 Å². The molecule has 0 amide bonds. The van der Waals surface area contributed by atoms with Crippen LogP contribution in [-0.2, 0) is 0 Å². The first-order valence-corrected chi connectivity index (χ1v) is 10.4. The summed E-state index contributed by atoms with van der Waals surface area (Å²) in [5.41, 5.74) is 3.59. The quantitative estimate of drug-likeness (QED) is 0.217. The maximum atomic E-state index is 10.8. The van der Waals surface area contributed by atoms with Crippen LogP contribution in [0.4, 0.5) is 5.69 Å². The van der Waals surface area contributed by atoms with Crippen LogP contribution >= 0.6 is 11.8 Å². The van der Waals surface area contributed by atoms with Crippen molar-refractivity contribution in [2.24, 2.45) is 0 Å². The van der Waals surface area contributed by atoms with E-state index >= 15 is 0 Å². The first-order chi connectivity index (χ1) is 15.0. The van der Waals surface area contributed by atoms with Gasteiger partial charge in [-0.3, -0.25) is 14.5 Å². The number of nitro groups is 1. The van der Waals surface area contributed by atoms with Gasteiger partial charge in [-0.25, -0.2) is 0 Å². The highest BCUT2D eigenvalue weighted by Gasteiger charge is 2.20. The van der Waals surface area contributed by atoms with Gasteiger partial charge in [-0.15, -0.1) is 20.4 Å². The molecule has 10 heteroatoms. The van der Waals surface area contributed by atoms with Crippen LogP contribution in [0.15, 0.2) is 64.2 Å². The van der Waals surface area contributed by atoms with Crippen molar-refractivity contribution in [3.8, 4) is 11.5 Å². The Balaban J connectivity index is 1.45. The number of hydrogen-bond acceptors (Lipinski definition) is 8. The predicted molar refractivity (Wildman–Crippen MR) is 116 cm³/mol. The molecule has 0 bridgehead atoms. The second kappa shape index (κ2) is 7.47. The zero-order valence-electron chi connectivity index (χ0n) is 16.6. The average Bonchev–Trinajstić information content (AvgIpc) is 3.42. The third-order valence-corrected chi connectivity index (χ3v) is 6.00. The Kier molecular flexibility index (Phi) is 4.63. The van der Waals surface area contributed by atoms with Gasteiger partial charge in [0.25, 0.3) is 5.69 Å². The topological polar surface area (TPSA) is 112 Å². The molecule has 0 radical (unpaired) electrons. The van der Waals surface area contributed by atoms with Crippen molar-refractivity contribution in [1.29, 1.82) is 0 Å². The van der Waals surface area contributed by atoms with Crippen molar-refractivity contribution in [3.63, 3.8) is 0 Å². The van der Waals surface area contributed by atoms with E-state index in [0.717, 1.165) is 27.3 Å². The first-order valence-electron chi connectivity index (χ1n) is 9.49. The lowest BCUT2D eigenvalue weighted by atomic mass is 10.1. The number of rotatable bonds is 5. The molecule has 1 unspecified atom stereocenters. The molecule has 31 heavy (non-hydrogen) atoms. The second-order valence-electron chi connectivity index (χ2n) is 7.03. The molecule has 5 rings (SSSR count). The van der Waals surface area contributed by atoms with E-state index in [0.29, 0.717) is 17.3 Å². The Morgan fingerprint density at radius 2 is 1.84 bits per heavy atom. The molecule has 0 aliphatic carbocycles. The lowest BCUT2D eigenvalue weighted by molar-refractivity contribution is -0.384. The van der Waals surface area contributed by atoms with Crippen molar-refractivity contribution in [1.82, 2.24) is 24.8 Å². The lowest BCUT2D eigenvalue weighted by Crippen LogP contribution is -1.95. The molecule has 3 heterocycles. The number of thioether (sulfide) groups is 1. The van der Waals surface area contributed by atoms with Gasteiger partial charge >= 0.3 is 0 Å². The largest absolute Gasteiger partial charge is 0.419 e. The van der Waals surface area contributed by atoms with Crippen LogP contribution in [0.3, 0.4) is 0 Å². The number of non-ortho nitro benzene ring substituents is 1. The van der Waals surface area contributed by atoms with Gasteiger partial charge in [0, 0.05) is 23.1 Å². The number of para-hydroxylation sites is 1. The smallest absolute Gasteiger partial charge is 0.269 e. The fourth-order valence-corrected chi connectivity index (χ4v) is 4.30. The summed E-state index contributed by atoms with van der Waals surface area (Å²) < 4.78 is 7.85.